The van der Waals surface area contributed by atoms with Gasteiger partial charge in [-0.25, -0.2) is 0 Å². The molecule has 116 valence electrons. The van der Waals surface area contributed by atoms with E-state index in [1.54, 1.807) is 16.2 Å². The lowest BCUT2D eigenvalue weighted by molar-refractivity contribution is 0.0999. The van der Waals surface area contributed by atoms with Gasteiger partial charge in [-0.1, -0.05) is 42.8 Å². The first-order chi connectivity index (χ1) is 10.3. The average Bonchev–Trinajstić information content (AvgIpc) is 2.98. The molecule has 0 spiro atoms. The first kappa shape index (κ1) is 15.7. The van der Waals surface area contributed by atoms with Crippen LogP contribution in [0.4, 0.5) is 5.69 Å². The van der Waals surface area contributed by atoms with Crippen LogP contribution in [0, 0.1) is 0 Å². The minimum atomic E-state index is -0.0958. The summed E-state index contributed by atoms with van der Waals surface area (Å²) >= 11 is 5.03. The average molecular weight is 380 g/mol. The number of aliphatic hydroxyl groups is 1. The van der Waals surface area contributed by atoms with Gasteiger partial charge in [0.25, 0.3) is 5.91 Å². The quantitative estimate of drug-likeness (QED) is 0.836. The van der Waals surface area contributed by atoms with Crippen LogP contribution in [0.25, 0.3) is 0 Å². The Bertz CT molecular complexity index is 746. The maximum absolute atomic E-state index is 12.8. The van der Waals surface area contributed by atoms with E-state index in [1.807, 2.05) is 18.2 Å². The third-order valence-electron chi connectivity index (χ3n) is 3.86. The van der Waals surface area contributed by atoms with Crippen LogP contribution in [0.5, 0.6) is 0 Å². The Morgan fingerprint density at radius 2 is 2.09 bits per heavy atom. The van der Waals surface area contributed by atoms with Crippen molar-refractivity contribution in [3.05, 3.63) is 49.6 Å². The zero-order chi connectivity index (χ0) is 16.1. The molecule has 0 atom stereocenters. The second-order valence-electron chi connectivity index (χ2n) is 6.50. The summed E-state index contributed by atoms with van der Waals surface area (Å²) in [5.41, 5.74) is 2.68. The fourth-order valence-electron chi connectivity index (χ4n) is 2.61. The molecule has 0 saturated heterocycles. The van der Waals surface area contributed by atoms with Crippen molar-refractivity contribution in [1.82, 2.24) is 0 Å². The summed E-state index contributed by atoms with van der Waals surface area (Å²) in [6.45, 7) is 6.96. The summed E-state index contributed by atoms with van der Waals surface area (Å²) in [7, 11) is 0. The number of aliphatic hydroxyl groups excluding tert-OH is 1. The van der Waals surface area contributed by atoms with E-state index in [4.69, 9.17) is 0 Å². The number of benzene rings is 1. The van der Waals surface area contributed by atoms with Crippen LogP contribution in [-0.2, 0) is 18.6 Å². The van der Waals surface area contributed by atoms with Gasteiger partial charge in [0.2, 0.25) is 0 Å². The van der Waals surface area contributed by atoms with Crippen LogP contribution in [0.15, 0.2) is 28.7 Å². The fourth-order valence-corrected chi connectivity index (χ4v) is 4.27. The lowest BCUT2D eigenvalue weighted by Crippen LogP contribution is -2.24. The molecule has 0 radical (unpaired) electrons. The highest BCUT2D eigenvalue weighted by atomic mass is 79.9. The van der Waals surface area contributed by atoms with E-state index in [0.29, 0.717) is 6.54 Å². The molecule has 1 aliphatic heterocycles. The highest BCUT2D eigenvalue weighted by Crippen LogP contribution is 2.40. The smallest absolute Gasteiger partial charge is 0.269 e. The zero-order valence-corrected chi connectivity index (χ0v) is 15.2. The van der Waals surface area contributed by atoms with Crippen LogP contribution < -0.4 is 4.90 Å². The summed E-state index contributed by atoms with van der Waals surface area (Å²) in [6, 6.07) is 7.80. The Morgan fingerprint density at radius 3 is 2.68 bits per heavy atom. The minimum Gasteiger partial charge on any atom is -0.392 e. The number of hydrogen-bond acceptors (Lipinski definition) is 3. The second kappa shape index (κ2) is 5.48. The molecule has 3 nitrogen and oxygen atoms in total. The van der Waals surface area contributed by atoms with Crippen LogP contribution in [0.1, 0.15) is 46.4 Å². The number of rotatable bonds is 2. The molecule has 0 aliphatic carbocycles. The standard InChI is InChI=1S/C17H18BrNO2S/c1-17(2,3)14-7-10-8-19(16(21)15(10)22-14)13-6-4-5-12(18)11(13)9-20/h4-7,20H,8-9H2,1-3H3. The van der Waals surface area contributed by atoms with E-state index in [2.05, 4.69) is 42.8 Å². The molecule has 0 fully saturated rings. The molecule has 0 saturated carbocycles. The van der Waals surface area contributed by atoms with Crippen LogP contribution >= 0.6 is 27.3 Å². The van der Waals surface area contributed by atoms with Crippen molar-refractivity contribution in [2.24, 2.45) is 0 Å². The van der Waals surface area contributed by atoms with Crippen molar-refractivity contribution in [3.8, 4) is 0 Å². The van der Waals surface area contributed by atoms with Gasteiger partial charge in [-0.15, -0.1) is 11.3 Å². The van der Waals surface area contributed by atoms with Crippen LogP contribution in [0.3, 0.4) is 0 Å². The van der Waals surface area contributed by atoms with Gasteiger partial charge >= 0.3 is 0 Å². The summed E-state index contributed by atoms with van der Waals surface area (Å²) in [5.74, 6) is 0.0308. The van der Waals surface area contributed by atoms with Crippen LogP contribution in [-0.4, -0.2) is 11.0 Å². The zero-order valence-electron chi connectivity index (χ0n) is 12.8. The van der Waals surface area contributed by atoms with Crippen molar-refractivity contribution < 1.29 is 9.90 Å². The van der Waals surface area contributed by atoms with E-state index < -0.39 is 0 Å². The fraction of sp³-hybridized carbons (Fsp3) is 0.353. The lowest BCUT2D eigenvalue weighted by atomic mass is 9.94. The van der Waals surface area contributed by atoms with Gasteiger partial charge in [-0.2, -0.15) is 0 Å². The Hall–Kier alpha value is -1.17. The van der Waals surface area contributed by atoms with E-state index in [-0.39, 0.29) is 17.9 Å². The largest absolute Gasteiger partial charge is 0.392 e. The van der Waals surface area contributed by atoms with Gasteiger partial charge < -0.3 is 10.0 Å². The van der Waals surface area contributed by atoms with Crippen molar-refractivity contribution in [1.29, 1.82) is 0 Å². The molecule has 1 aliphatic rings. The van der Waals surface area contributed by atoms with Gasteiger partial charge in [-0.05, 0) is 29.2 Å². The molecule has 1 aromatic heterocycles. The number of fused-ring (bicyclic) bond motifs is 1. The number of carbonyl (C=O) groups is 1. The molecule has 1 N–H and O–H groups in total. The summed E-state index contributed by atoms with van der Waals surface area (Å²) < 4.78 is 0.825. The summed E-state index contributed by atoms with van der Waals surface area (Å²) in [4.78, 5) is 16.6. The SMILES string of the molecule is CC(C)(C)c1cc2c(s1)C(=O)N(c1cccc(Br)c1CO)C2. The highest BCUT2D eigenvalue weighted by molar-refractivity contribution is 9.10. The molecular formula is C17H18BrNO2S. The van der Waals surface area contributed by atoms with E-state index in [0.717, 1.165) is 26.2 Å². The molecule has 22 heavy (non-hydrogen) atoms. The first-order valence-corrected chi connectivity index (χ1v) is 8.77. The predicted octanol–water partition coefficient (Wildman–Crippen LogP) is 4.46. The van der Waals surface area contributed by atoms with Gasteiger partial charge in [0.05, 0.1) is 23.7 Å². The molecule has 0 bridgehead atoms. The molecule has 2 aromatic rings. The van der Waals surface area contributed by atoms with Gasteiger partial charge in [0.1, 0.15) is 0 Å². The van der Waals surface area contributed by atoms with E-state index in [9.17, 15) is 9.90 Å². The Balaban J connectivity index is 1.99. The molecule has 3 rings (SSSR count). The van der Waals surface area contributed by atoms with Crippen molar-refractivity contribution in [2.75, 3.05) is 4.90 Å². The van der Waals surface area contributed by atoms with E-state index in [1.165, 1.54) is 4.88 Å². The first-order valence-electron chi connectivity index (χ1n) is 7.16. The molecular weight excluding hydrogens is 362 g/mol. The molecule has 0 unspecified atom stereocenters. The number of thiophene rings is 1. The summed E-state index contributed by atoms with van der Waals surface area (Å²) in [5, 5.41) is 9.60. The van der Waals surface area contributed by atoms with Crippen molar-refractivity contribution in [2.45, 2.75) is 39.3 Å². The Kier molecular flexibility index (Phi) is 3.91. The number of amides is 1. The van der Waals surface area contributed by atoms with E-state index >= 15 is 0 Å². The minimum absolute atomic E-state index is 0.0308. The number of anilines is 1. The highest BCUT2D eigenvalue weighted by Gasteiger charge is 2.34. The molecule has 1 aromatic carbocycles. The predicted molar refractivity (Wildman–Crippen MR) is 93.6 cm³/mol. The maximum atomic E-state index is 12.8. The Labute approximate surface area is 142 Å². The number of hydrogen-bond donors (Lipinski definition) is 1. The van der Waals surface area contributed by atoms with Gasteiger partial charge in [-0.3, -0.25) is 4.79 Å². The molecule has 2 heterocycles. The van der Waals surface area contributed by atoms with Crippen LogP contribution in [0.2, 0.25) is 0 Å². The number of halogens is 1. The number of carbonyl (C=O) groups excluding carboxylic acids is 1. The van der Waals surface area contributed by atoms with Gasteiger partial charge in [0.15, 0.2) is 0 Å². The third-order valence-corrected chi connectivity index (χ3v) is 6.19. The normalized spacial score (nSPS) is 14.6. The molecule has 5 heteroatoms. The van der Waals surface area contributed by atoms with Crippen molar-refractivity contribution in [3.63, 3.8) is 0 Å². The molecule has 1 amide bonds. The Morgan fingerprint density at radius 1 is 1.36 bits per heavy atom. The second-order valence-corrected chi connectivity index (χ2v) is 8.41. The topological polar surface area (TPSA) is 40.5 Å². The number of nitrogens with zero attached hydrogens (tertiary/aromatic N) is 1. The lowest BCUT2D eigenvalue weighted by Gasteiger charge is -2.21. The summed E-state index contributed by atoms with van der Waals surface area (Å²) in [6.07, 6.45) is 0. The maximum Gasteiger partial charge on any atom is 0.269 e. The monoisotopic (exact) mass is 379 g/mol. The van der Waals surface area contributed by atoms with Crippen molar-refractivity contribution >= 4 is 38.9 Å². The van der Waals surface area contributed by atoms with Gasteiger partial charge in [0, 0.05) is 14.9 Å². The third kappa shape index (κ3) is 2.51.